The van der Waals surface area contributed by atoms with Crippen molar-refractivity contribution in [2.24, 2.45) is 0 Å². The van der Waals surface area contributed by atoms with Crippen LogP contribution in [0.5, 0.6) is 0 Å². The van der Waals surface area contributed by atoms with Crippen LogP contribution in [0.2, 0.25) is 0 Å². The van der Waals surface area contributed by atoms with Gasteiger partial charge in [-0.15, -0.1) is 0 Å². The first-order valence-corrected chi connectivity index (χ1v) is 6.41. The molecule has 1 aromatic carbocycles. The number of alkyl halides is 3. The van der Waals surface area contributed by atoms with E-state index < -0.39 is 22.1 Å². The zero-order chi connectivity index (χ0) is 13.1. The Morgan fingerprint density at radius 3 is 2.18 bits per heavy atom. The van der Waals surface area contributed by atoms with Crippen molar-refractivity contribution in [3.8, 4) is 0 Å². The van der Waals surface area contributed by atoms with E-state index in [1.165, 1.54) is 12.1 Å². The first kappa shape index (κ1) is 14.3. The summed E-state index contributed by atoms with van der Waals surface area (Å²) in [5.74, 6) is -0.00206. The lowest BCUT2D eigenvalue weighted by Crippen LogP contribution is -2.04. The van der Waals surface area contributed by atoms with E-state index in [1.54, 1.807) is 0 Å². The molecule has 0 spiro atoms. The topological polar surface area (TPSA) is 63.6 Å². The number of benzene rings is 1. The quantitative estimate of drug-likeness (QED) is 0.681. The van der Waals surface area contributed by atoms with E-state index in [0.717, 1.165) is 12.1 Å². The molecule has 17 heavy (non-hydrogen) atoms. The highest BCUT2D eigenvalue weighted by Crippen LogP contribution is 2.29. The summed E-state index contributed by atoms with van der Waals surface area (Å²) in [6, 6.07) is 4.15. The number of rotatable bonds is 4. The predicted molar refractivity (Wildman–Crippen MR) is 55.4 cm³/mol. The van der Waals surface area contributed by atoms with Gasteiger partial charge in [0.25, 0.3) is 0 Å². The van der Waals surface area contributed by atoms with E-state index in [9.17, 15) is 21.6 Å². The normalized spacial score (nSPS) is 12.7. The van der Waals surface area contributed by atoms with E-state index in [4.69, 9.17) is 4.55 Å². The third-order valence-electron chi connectivity index (χ3n) is 1.64. The molecule has 0 atom stereocenters. The molecule has 0 heterocycles. The van der Waals surface area contributed by atoms with Gasteiger partial charge in [-0.05, 0) is 17.7 Å². The van der Waals surface area contributed by atoms with Gasteiger partial charge in [-0.1, -0.05) is 12.1 Å². The van der Waals surface area contributed by atoms with Crippen molar-refractivity contribution in [1.82, 2.24) is 0 Å². The molecule has 0 bridgehead atoms. The first-order chi connectivity index (χ1) is 7.68. The van der Waals surface area contributed by atoms with E-state index in [2.05, 4.69) is 3.63 Å². The molecule has 4 nitrogen and oxygen atoms in total. The lowest BCUT2D eigenvalue weighted by atomic mass is 10.1. The fraction of sp³-hybridized carbons (Fsp3) is 0.250. The molecule has 0 saturated heterocycles. The Labute approximate surface area is 99.9 Å². The maximum absolute atomic E-state index is 12.2. The van der Waals surface area contributed by atoms with E-state index in [1.807, 2.05) is 0 Å². The maximum Gasteiger partial charge on any atom is 0.416 e. The maximum atomic E-state index is 12.2. The third-order valence-corrected chi connectivity index (χ3v) is 3.16. The number of hydrogen-bond acceptors (Lipinski definition) is 4. The van der Waals surface area contributed by atoms with Gasteiger partial charge in [0.2, 0.25) is 0 Å². The minimum atomic E-state index is -4.54. The molecule has 9 heteroatoms. The van der Waals surface area contributed by atoms with Crippen molar-refractivity contribution >= 4 is 22.4 Å². The summed E-state index contributed by atoms with van der Waals surface area (Å²) < 4.78 is 69.1. The number of halogens is 3. The Bertz CT molecular complexity index is 467. The Balaban J connectivity index is 2.58. The molecule has 0 saturated carbocycles. The Hall–Kier alpha value is -0.770. The second kappa shape index (κ2) is 5.25. The van der Waals surface area contributed by atoms with Crippen LogP contribution in [0.3, 0.4) is 0 Å². The average molecular weight is 288 g/mol. The Kier molecular flexibility index (Phi) is 4.42. The smallest absolute Gasteiger partial charge is 0.263 e. The molecule has 96 valence electrons. The van der Waals surface area contributed by atoms with Crippen molar-refractivity contribution in [2.75, 3.05) is 0 Å². The molecule has 0 aromatic heterocycles. The van der Waals surface area contributed by atoms with Crippen LogP contribution in [0, 0.1) is 0 Å². The summed E-state index contributed by atoms with van der Waals surface area (Å²) in [5, 5.41) is 0. The summed E-state index contributed by atoms with van der Waals surface area (Å²) >= 11 is 0.407. The lowest BCUT2D eigenvalue weighted by Gasteiger charge is -2.06. The average Bonchev–Trinajstić information content (AvgIpc) is 2.15. The summed E-state index contributed by atoms with van der Waals surface area (Å²) in [6.45, 7) is 0. The molecular weight excluding hydrogens is 281 g/mol. The highest BCUT2D eigenvalue weighted by Gasteiger charge is 2.29. The summed E-state index contributed by atoms with van der Waals surface area (Å²) in [6.07, 6.45) is -4.41. The summed E-state index contributed by atoms with van der Waals surface area (Å²) in [5.41, 5.74) is -0.353. The van der Waals surface area contributed by atoms with Gasteiger partial charge in [0, 0.05) is 17.8 Å². The fourth-order valence-electron chi connectivity index (χ4n) is 0.943. The third kappa shape index (κ3) is 5.39. The van der Waals surface area contributed by atoms with E-state index in [-0.39, 0.29) is 5.75 Å². The largest absolute Gasteiger partial charge is 0.416 e. The van der Waals surface area contributed by atoms with Gasteiger partial charge >= 0.3 is 16.6 Å². The second-order valence-electron chi connectivity index (χ2n) is 2.95. The molecule has 0 aliphatic rings. The van der Waals surface area contributed by atoms with E-state index >= 15 is 0 Å². The molecule has 0 aliphatic heterocycles. The molecule has 0 fully saturated rings. The zero-order valence-electron chi connectivity index (χ0n) is 8.14. The van der Waals surface area contributed by atoms with Gasteiger partial charge in [-0.25, -0.2) is 0 Å². The van der Waals surface area contributed by atoms with Gasteiger partial charge in [0.05, 0.1) is 5.56 Å². The lowest BCUT2D eigenvalue weighted by molar-refractivity contribution is -0.137. The monoisotopic (exact) mass is 288 g/mol. The van der Waals surface area contributed by atoms with E-state index in [0.29, 0.717) is 17.6 Å². The van der Waals surface area contributed by atoms with Crippen molar-refractivity contribution in [1.29, 1.82) is 0 Å². The molecule has 0 radical (unpaired) electrons. The van der Waals surface area contributed by atoms with Crippen LogP contribution in [0.15, 0.2) is 24.3 Å². The fourth-order valence-corrected chi connectivity index (χ4v) is 1.95. The van der Waals surface area contributed by atoms with Gasteiger partial charge < -0.3 is 0 Å². The highest BCUT2D eigenvalue weighted by molar-refractivity contribution is 8.02. The van der Waals surface area contributed by atoms with Crippen LogP contribution in [-0.4, -0.2) is 13.0 Å². The van der Waals surface area contributed by atoms with Crippen molar-refractivity contribution in [3.63, 3.8) is 0 Å². The molecule has 0 aliphatic carbocycles. The van der Waals surface area contributed by atoms with Crippen LogP contribution in [0.4, 0.5) is 13.2 Å². The standard InChI is InChI=1S/C8H7F3O4S2/c9-8(10,11)7-3-1-6(2-4-7)5-16-15-17(12,13)14/h1-4H,5H2,(H,12,13,14). The first-order valence-electron chi connectivity index (χ1n) is 4.13. The van der Waals surface area contributed by atoms with Crippen LogP contribution in [-0.2, 0) is 26.0 Å². The van der Waals surface area contributed by atoms with Crippen LogP contribution < -0.4 is 0 Å². The van der Waals surface area contributed by atoms with Crippen LogP contribution in [0.1, 0.15) is 11.1 Å². The molecule has 0 unspecified atom stereocenters. The predicted octanol–water partition coefficient (Wildman–Crippen LogP) is 2.67. The van der Waals surface area contributed by atoms with Gasteiger partial charge in [0.1, 0.15) is 0 Å². The van der Waals surface area contributed by atoms with Gasteiger partial charge in [-0.3, -0.25) is 4.55 Å². The van der Waals surface area contributed by atoms with Gasteiger partial charge in [-0.2, -0.15) is 25.2 Å². The highest BCUT2D eigenvalue weighted by atomic mass is 32.3. The Morgan fingerprint density at radius 2 is 1.76 bits per heavy atom. The SMILES string of the molecule is O=S(=O)(O)OSCc1ccc(C(F)(F)F)cc1. The zero-order valence-corrected chi connectivity index (χ0v) is 9.77. The van der Waals surface area contributed by atoms with Crippen molar-refractivity contribution < 1.29 is 29.8 Å². The molecule has 1 N–H and O–H groups in total. The molecule has 0 amide bonds. The molecular formula is C8H7F3O4S2. The minimum absolute atomic E-state index is 0.00206. The van der Waals surface area contributed by atoms with Crippen molar-refractivity contribution in [3.05, 3.63) is 35.4 Å². The second-order valence-corrected chi connectivity index (χ2v) is 4.88. The molecule has 1 rings (SSSR count). The van der Waals surface area contributed by atoms with Crippen molar-refractivity contribution in [2.45, 2.75) is 11.9 Å². The molecule has 1 aromatic rings. The minimum Gasteiger partial charge on any atom is -0.263 e. The summed E-state index contributed by atoms with van der Waals surface area (Å²) in [4.78, 5) is 0. The van der Waals surface area contributed by atoms with Crippen LogP contribution >= 0.6 is 12.0 Å². The summed E-state index contributed by atoms with van der Waals surface area (Å²) in [7, 11) is -4.54. The Morgan fingerprint density at radius 1 is 1.24 bits per heavy atom. The van der Waals surface area contributed by atoms with Gasteiger partial charge in [0.15, 0.2) is 0 Å². The number of hydrogen-bond donors (Lipinski definition) is 1. The van der Waals surface area contributed by atoms with Crippen LogP contribution in [0.25, 0.3) is 0 Å².